The summed E-state index contributed by atoms with van der Waals surface area (Å²) in [5, 5.41) is 10.6. The number of nitro groups is 1. The van der Waals surface area contributed by atoms with Crippen LogP contribution in [0.5, 0.6) is 5.75 Å². The predicted octanol–water partition coefficient (Wildman–Crippen LogP) is 3.10. The van der Waals surface area contributed by atoms with Crippen LogP contribution in [0.15, 0.2) is 24.3 Å². The van der Waals surface area contributed by atoms with Crippen molar-refractivity contribution in [1.82, 2.24) is 0 Å². The van der Waals surface area contributed by atoms with Gasteiger partial charge in [0.1, 0.15) is 11.4 Å². The van der Waals surface area contributed by atoms with Gasteiger partial charge < -0.3 is 9.47 Å². The Kier molecular flexibility index (Phi) is 5.49. The molecule has 0 heterocycles. The highest BCUT2D eigenvalue weighted by Crippen LogP contribution is 2.19. The topological polar surface area (TPSA) is 78.7 Å². The SMILES string of the molecule is CC(C)(C)OC(=O)CCCOc1cccc([N+](=O)[O-])c1. The molecule has 0 fully saturated rings. The molecule has 110 valence electrons. The van der Waals surface area contributed by atoms with Crippen molar-refractivity contribution in [2.75, 3.05) is 6.61 Å². The van der Waals surface area contributed by atoms with Crippen LogP contribution >= 0.6 is 0 Å². The van der Waals surface area contributed by atoms with Gasteiger partial charge in [0.05, 0.1) is 17.6 Å². The Morgan fingerprint density at radius 1 is 1.35 bits per heavy atom. The molecule has 0 amide bonds. The van der Waals surface area contributed by atoms with E-state index < -0.39 is 10.5 Å². The molecule has 0 spiro atoms. The molecule has 0 radical (unpaired) electrons. The first-order chi connectivity index (χ1) is 9.28. The van der Waals surface area contributed by atoms with E-state index in [0.717, 1.165) is 0 Å². The molecule has 1 rings (SSSR count). The number of benzene rings is 1. The molecule has 6 nitrogen and oxygen atoms in total. The van der Waals surface area contributed by atoms with Crippen LogP contribution in [-0.2, 0) is 9.53 Å². The lowest BCUT2D eigenvalue weighted by atomic mass is 10.2. The van der Waals surface area contributed by atoms with Crippen molar-refractivity contribution < 1.29 is 19.2 Å². The molecular weight excluding hydrogens is 262 g/mol. The summed E-state index contributed by atoms with van der Waals surface area (Å²) in [6.07, 6.45) is 0.754. The normalized spacial score (nSPS) is 10.9. The van der Waals surface area contributed by atoms with Crippen LogP contribution in [0.3, 0.4) is 0 Å². The van der Waals surface area contributed by atoms with Gasteiger partial charge in [-0.15, -0.1) is 0 Å². The number of carbonyl (C=O) groups is 1. The number of nitrogens with zero attached hydrogens (tertiary/aromatic N) is 1. The van der Waals surface area contributed by atoms with Gasteiger partial charge in [-0.2, -0.15) is 0 Å². The number of carbonyl (C=O) groups excluding carboxylic acids is 1. The van der Waals surface area contributed by atoms with E-state index in [9.17, 15) is 14.9 Å². The number of hydrogen-bond donors (Lipinski definition) is 0. The molecule has 0 aromatic heterocycles. The van der Waals surface area contributed by atoms with Gasteiger partial charge in [-0.05, 0) is 33.3 Å². The summed E-state index contributed by atoms with van der Waals surface area (Å²) in [4.78, 5) is 21.6. The van der Waals surface area contributed by atoms with Crippen molar-refractivity contribution in [3.8, 4) is 5.75 Å². The van der Waals surface area contributed by atoms with E-state index in [1.165, 1.54) is 12.1 Å². The molecule has 0 saturated heterocycles. The summed E-state index contributed by atoms with van der Waals surface area (Å²) in [6.45, 7) is 5.74. The molecule has 0 saturated carbocycles. The van der Waals surface area contributed by atoms with Gasteiger partial charge in [-0.1, -0.05) is 6.07 Å². The summed E-state index contributed by atoms with van der Waals surface area (Å²) < 4.78 is 10.5. The number of rotatable bonds is 6. The Morgan fingerprint density at radius 2 is 2.05 bits per heavy atom. The van der Waals surface area contributed by atoms with Crippen molar-refractivity contribution >= 4 is 11.7 Å². The molecule has 0 bridgehead atoms. The molecule has 0 aliphatic carbocycles. The van der Waals surface area contributed by atoms with Crippen LogP contribution in [0.2, 0.25) is 0 Å². The predicted molar refractivity (Wildman–Crippen MR) is 73.7 cm³/mol. The lowest BCUT2D eigenvalue weighted by Crippen LogP contribution is -2.23. The van der Waals surface area contributed by atoms with Crippen molar-refractivity contribution in [2.24, 2.45) is 0 Å². The number of ether oxygens (including phenoxy) is 2. The third-order valence-corrected chi connectivity index (χ3v) is 2.24. The van der Waals surface area contributed by atoms with E-state index in [0.29, 0.717) is 18.8 Å². The third kappa shape index (κ3) is 6.17. The quantitative estimate of drug-likeness (QED) is 0.346. The highest BCUT2D eigenvalue weighted by molar-refractivity contribution is 5.69. The van der Waals surface area contributed by atoms with E-state index in [1.807, 2.05) is 20.8 Å². The zero-order chi connectivity index (χ0) is 15.2. The van der Waals surface area contributed by atoms with Crippen molar-refractivity contribution in [2.45, 2.75) is 39.2 Å². The minimum atomic E-state index is -0.488. The summed E-state index contributed by atoms with van der Waals surface area (Å²) in [6, 6.07) is 5.95. The fourth-order valence-corrected chi connectivity index (χ4v) is 1.49. The highest BCUT2D eigenvalue weighted by atomic mass is 16.6. The molecule has 1 aromatic carbocycles. The maximum Gasteiger partial charge on any atom is 0.306 e. The molecule has 1 aromatic rings. The second kappa shape index (κ2) is 6.88. The standard InChI is InChI=1S/C14H19NO5/c1-14(2,3)20-13(16)8-5-9-19-12-7-4-6-11(10-12)15(17)18/h4,6-7,10H,5,8-9H2,1-3H3. The summed E-state index contributed by atoms with van der Waals surface area (Å²) in [5.74, 6) is 0.142. The molecule has 0 N–H and O–H groups in total. The van der Waals surface area contributed by atoms with E-state index in [4.69, 9.17) is 9.47 Å². The largest absolute Gasteiger partial charge is 0.493 e. The van der Waals surface area contributed by atoms with Crippen LogP contribution in [-0.4, -0.2) is 23.1 Å². The number of nitro benzene ring substituents is 1. The van der Waals surface area contributed by atoms with E-state index >= 15 is 0 Å². The van der Waals surface area contributed by atoms with Crippen LogP contribution in [0, 0.1) is 10.1 Å². The average Bonchev–Trinajstić information content (AvgIpc) is 2.33. The minimum absolute atomic E-state index is 0.0188. The van der Waals surface area contributed by atoms with Gasteiger partial charge in [0, 0.05) is 12.5 Å². The molecule has 0 unspecified atom stereocenters. The second-order valence-corrected chi connectivity index (χ2v) is 5.29. The van der Waals surface area contributed by atoms with Crippen molar-refractivity contribution in [1.29, 1.82) is 0 Å². The second-order valence-electron chi connectivity index (χ2n) is 5.29. The van der Waals surface area contributed by atoms with Gasteiger partial charge >= 0.3 is 5.97 Å². The summed E-state index contributed by atoms with van der Waals surface area (Å²) in [7, 11) is 0. The maximum atomic E-state index is 11.4. The molecule has 0 aliphatic heterocycles. The number of non-ortho nitro benzene ring substituents is 1. The molecular formula is C14H19NO5. The van der Waals surface area contributed by atoms with Gasteiger partial charge in [0.15, 0.2) is 0 Å². The first kappa shape index (κ1) is 15.9. The van der Waals surface area contributed by atoms with Gasteiger partial charge in [0.25, 0.3) is 5.69 Å². The fraction of sp³-hybridized carbons (Fsp3) is 0.500. The average molecular weight is 281 g/mol. The van der Waals surface area contributed by atoms with Crippen molar-refractivity contribution in [3.63, 3.8) is 0 Å². The Morgan fingerprint density at radius 3 is 2.65 bits per heavy atom. The highest BCUT2D eigenvalue weighted by Gasteiger charge is 2.15. The summed E-state index contributed by atoms with van der Waals surface area (Å²) >= 11 is 0. The fourth-order valence-electron chi connectivity index (χ4n) is 1.49. The van der Waals surface area contributed by atoms with E-state index in [2.05, 4.69) is 0 Å². The smallest absolute Gasteiger partial charge is 0.306 e. The Bertz CT molecular complexity index is 479. The Hall–Kier alpha value is -2.11. The molecule has 6 heteroatoms. The Balaban J connectivity index is 2.33. The van der Waals surface area contributed by atoms with Crippen LogP contribution < -0.4 is 4.74 Å². The van der Waals surface area contributed by atoms with Crippen LogP contribution in [0.1, 0.15) is 33.6 Å². The van der Waals surface area contributed by atoms with E-state index in [-0.39, 0.29) is 18.1 Å². The molecule has 0 atom stereocenters. The Labute approximate surface area is 117 Å². The molecule has 0 aliphatic rings. The van der Waals surface area contributed by atoms with Crippen LogP contribution in [0.25, 0.3) is 0 Å². The zero-order valence-electron chi connectivity index (χ0n) is 11.9. The summed E-state index contributed by atoms with van der Waals surface area (Å²) in [5.41, 5.74) is -0.507. The maximum absolute atomic E-state index is 11.4. The van der Waals surface area contributed by atoms with Crippen molar-refractivity contribution in [3.05, 3.63) is 34.4 Å². The first-order valence-corrected chi connectivity index (χ1v) is 6.37. The first-order valence-electron chi connectivity index (χ1n) is 6.37. The van der Waals surface area contributed by atoms with Crippen LogP contribution in [0.4, 0.5) is 5.69 Å². The van der Waals surface area contributed by atoms with Gasteiger partial charge in [-0.3, -0.25) is 14.9 Å². The monoisotopic (exact) mass is 281 g/mol. The number of hydrogen-bond acceptors (Lipinski definition) is 5. The molecule has 20 heavy (non-hydrogen) atoms. The van der Waals surface area contributed by atoms with Gasteiger partial charge in [-0.25, -0.2) is 0 Å². The lowest BCUT2D eigenvalue weighted by Gasteiger charge is -2.19. The zero-order valence-corrected chi connectivity index (χ0v) is 11.9. The number of esters is 1. The third-order valence-electron chi connectivity index (χ3n) is 2.24. The van der Waals surface area contributed by atoms with E-state index in [1.54, 1.807) is 12.1 Å². The minimum Gasteiger partial charge on any atom is -0.493 e. The lowest BCUT2D eigenvalue weighted by molar-refractivity contribution is -0.384. The van der Waals surface area contributed by atoms with Gasteiger partial charge in [0.2, 0.25) is 0 Å².